The van der Waals surface area contributed by atoms with Crippen molar-refractivity contribution in [3.8, 4) is 0 Å². The number of morpholine rings is 1. The predicted molar refractivity (Wildman–Crippen MR) is 84.1 cm³/mol. The van der Waals surface area contributed by atoms with Gasteiger partial charge in [-0.15, -0.1) is 11.6 Å². The van der Waals surface area contributed by atoms with Crippen LogP contribution >= 0.6 is 11.6 Å². The van der Waals surface area contributed by atoms with Gasteiger partial charge in [0.1, 0.15) is 0 Å². The number of hydrogen-bond acceptors (Lipinski definition) is 3. The van der Waals surface area contributed by atoms with E-state index in [-0.39, 0.29) is 12.1 Å². The van der Waals surface area contributed by atoms with E-state index >= 15 is 0 Å². The van der Waals surface area contributed by atoms with Gasteiger partial charge >= 0.3 is 0 Å². The highest BCUT2D eigenvalue weighted by atomic mass is 35.5. The summed E-state index contributed by atoms with van der Waals surface area (Å²) >= 11 is 5.89. The van der Waals surface area contributed by atoms with Gasteiger partial charge in [0.2, 0.25) is 10.0 Å². The summed E-state index contributed by atoms with van der Waals surface area (Å²) in [7, 11) is -3.52. The molecule has 1 aromatic carbocycles. The Bertz CT molecular complexity index is 603. The molecule has 2 unspecified atom stereocenters. The summed E-state index contributed by atoms with van der Waals surface area (Å²) in [6, 6.07) is 5.17. The summed E-state index contributed by atoms with van der Waals surface area (Å²) in [6.45, 7) is 6.54. The van der Waals surface area contributed by atoms with E-state index in [1.807, 2.05) is 26.8 Å². The number of hydrogen-bond donors (Lipinski definition) is 0. The van der Waals surface area contributed by atoms with Crippen molar-refractivity contribution >= 4 is 21.6 Å². The lowest BCUT2D eigenvalue weighted by Gasteiger charge is -2.37. The highest BCUT2D eigenvalue weighted by Gasteiger charge is 2.36. The average Bonchev–Trinajstić information content (AvgIpc) is 2.47. The number of sulfonamides is 1. The SMILES string of the molecule is CCC1COC(C)CN1S(=O)(=O)c1cccc(CCl)c1C. The van der Waals surface area contributed by atoms with Crippen molar-refractivity contribution in [2.75, 3.05) is 13.2 Å². The molecule has 1 heterocycles. The van der Waals surface area contributed by atoms with Crippen LogP contribution in [0.4, 0.5) is 0 Å². The molecule has 0 aromatic heterocycles. The van der Waals surface area contributed by atoms with Gasteiger partial charge < -0.3 is 4.74 Å². The van der Waals surface area contributed by atoms with Crippen molar-refractivity contribution in [1.82, 2.24) is 4.31 Å². The molecule has 1 fully saturated rings. The van der Waals surface area contributed by atoms with Crippen LogP contribution in [0, 0.1) is 6.92 Å². The second kappa shape index (κ2) is 6.65. The molecule has 2 rings (SSSR count). The lowest BCUT2D eigenvalue weighted by atomic mass is 10.1. The van der Waals surface area contributed by atoms with Crippen LogP contribution in [0.25, 0.3) is 0 Å². The second-order valence-corrected chi connectivity index (χ2v) is 7.58. The van der Waals surface area contributed by atoms with Gasteiger partial charge in [0, 0.05) is 18.5 Å². The standard InChI is InChI=1S/C15H22ClNO3S/c1-4-14-10-20-11(2)9-17(14)21(18,19)15-7-5-6-13(8-16)12(15)3/h5-7,11,14H,4,8-10H2,1-3H3. The molecule has 4 nitrogen and oxygen atoms in total. The van der Waals surface area contributed by atoms with Gasteiger partial charge in [-0.25, -0.2) is 8.42 Å². The monoisotopic (exact) mass is 331 g/mol. The van der Waals surface area contributed by atoms with Crippen molar-refractivity contribution in [1.29, 1.82) is 0 Å². The molecule has 1 aliphatic rings. The summed E-state index contributed by atoms with van der Waals surface area (Å²) in [5, 5.41) is 0. The number of halogens is 1. The minimum absolute atomic E-state index is 0.0842. The van der Waals surface area contributed by atoms with Crippen molar-refractivity contribution in [2.45, 2.75) is 50.1 Å². The molecule has 1 saturated heterocycles. The topological polar surface area (TPSA) is 46.6 Å². The fourth-order valence-corrected chi connectivity index (χ4v) is 4.96. The molecule has 0 saturated carbocycles. The molecule has 1 aromatic rings. The molecule has 0 aliphatic carbocycles. The maximum Gasteiger partial charge on any atom is 0.243 e. The van der Waals surface area contributed by atoms with Crippen LogP contribution in [0.2, 0.25) is 0 Å². The largest absolute Gasteiger partial charge is 0.375 e. The number of rotatable bonds is 4. The summed E-state index contributed by atoms with van der Waals surface area (Å²) < 4.78 is 33.2. The van der Waals surface area contributed by atoms with E-state index < -0.39 is 10.0 Å². The van der Waals surface area contributed by atoms with Gasteiger partial charge in [-0.1, -0.05) is 19.1 Å². The van der Waals surface area contributed by atoms with Crippen LogP contribution in [0.5, 0.6) is 0 Å². The number of nitrogens with zero attached hydrogens (tertiary/aromatic N) is 1. The lowest BCUT2D eigenvalue weighted by molar-refractivity contribution is -0.0230. The predicted octanol–water partition coefficient (Wildman–Crippen LogP) is 2.92. The molecule has 0 spiro atoms. The second-order valence-electron chi connectivity index (χ2n) is 5.45. The maximum atomic E-state index is 13.0. The lowest BCUT2D eigenvalue weighted by Crippen LogP contribution is -2.51. The first-order chi connectivity index (χ1) is 9.91. The zero-order chi connectivity index (χ0) is 15.6. The van der Waals surface area contributed by atoms with E-state index in [4.69, 9.17) is 16.3 Å². The van der Waals surface area contributed by atoms with Gasteiger partial charge in [-0.2, -0.15) is 4.31 Å². The average molecular weight is 332 g/mol. The molecular weight excluding hydrogens is 310 g/mol. The van der Waals surface area contributed by atoms with Crippen molar-refractivity contribution in [3.05, 3.63) is 29.3 Å². The summed E-state index contributed by atoms with van der Waals surface area (Å²) in [5.41, 5.74) is 1.59. The Morgan fingerprint density at radius 1 is 1.43 bits per heavy atom. The Balaban J connectivity index is 2.45. The summed E-state index contributed by atoms with van der Waals surface area (Å²) in [5.74, 6) is 0.311. The first-order valence-corrected chi connectivity index (χ1v) is 9.17. The molecular formula is C15H22ClNO3S. The fourth-order valence-electron chi connectivity index (χ4n) is 2.64. The highest BCUT2D eigenvalue weighted by Crippen LogP contribution is 2.28. The van der Waals surface area contributed by atoms with Gasteiger partial charge in [0.05, 0.1) is 17.6 Å². The molecule has 6 heteroatoms. The molecule has 118 valence electrons. The number of ether oxygens (including phenoxy) is 1. The van der Waals surface area contributed by atoms with E-state index in [1.54, 1.807) is 16.4 Å². The van der Waals surface area contributed by atoms with Crippen LogP contribution in [-0.4, -0.2) is 38.0 Å². The van der Waals surface area contributed by atoms with Crippen molar-refractivity contribution in [3.63, 3.8) is 0 Å². The van der Waals surface area contributed by atoms with E-state index in [2.05, 4.69) is 0 Å². The van der Waals surface area contributed by atoms with E-state index in [9.17, 15) is 8.42 Å². The minimum atomic E-state index is -3.52. The highest BCUT2D eigenvalue weighted by molar-refractivity contribution is 7.89. The summed E-state index contributed by atoms with van der Waals surface area (Å²) in [4.78, 5) is 0.355. The Kier molecular flexibility index (Phi) is 5.30. The van der Waals surface area contributed by atoms with Gasteiger partial charge in [0.25, 0.3) is 0 Å². The van der Waals surface area contributed by atoms with Crippen LogP contribution in [0.3, 0.4) is 0 Å². The van der Waals surface area contributed by atoms with Crippen LogP contribution in [0.1, 0.15) is 31.4 Å². The van der Waals surface area contributed by atoms with Crippen molar-refractivity contribution in [2.24, 2.45) is 0 Å². The molecule has 0 bridgehead atoms. The molecule has 0 N–H and O–H groups in total. The van der Waals surface area contributed by atoms with Crippen LogP contribution in [-0.2, 0) is 20.6 Å². The molecule has 2 atom stereocenters. The Morgan fingerprint density at radius 3 is 2.76 bits per heavy atom. The number of alkyl halides is 1. The zero-order valence-corrected chi connectivity index (χ0v) is 14.2. The zero-order valence-electron chi connectivity index (χ0n) is 12.7. The van der Waals surface area contributed by atoms with Gasteiger partial charge in [-0.3, -0.25) is 0 Å². The quantitative estimate of drug-likeness (QED) is 0.797. The van der Waals surface area contributed by atoms with Gasteiger partial charge in [-0.05, 0) is 37.5 Å². The van der Waals surface area contributed by atoms with E-state index in [0.717, 1.165) is 17.5 Å². The minimum Gasteiger partial charge on any atom is -0.375 e. The normalized spacial score (nSPS) is 24.2. The smallest absolute Gasteiger partial charge is 0.243 e. The Labute approximate surface area is 132 Å². The van der Waals surface area contributed by atoms with Crippen LogP contribution < -0.4 is 0 Å². The molecule has 21 heavy (non-hydrogen) atoms. The molecule has 0 amide bonds. The first-order valence-electron chi connectivity index (χ1n) is 7.19. The van der Waals surface area contributed by atoms with E-state index in [0.29, 0.717) is 23.9 Å². The third kappa shape index (κ3) is 3.26. The van der Waals surface area contributed by atoms with E-state index in [1.165, 1.54) is 0 Å². The fraction of sp³-hybridized carbons (Fsp3) is 0.600. The summed E-state index contributed by atoms with van der Waals surface area (Å²) in [6.07, 6.45) is 0.652. The third-order valence-corrected chi connectivity index (χ3v) is 6.37. The van der Waals surface area contributed by atoms with Crippen LogP contribution in [0.15, 0.2) is 23.1 Å². The molecule has 0 radical (unpaired) electrons. The first kappa shape index (κ1) is 16.7. The molecule has 1 aliphatic heterocycles. The Hall–Kier alpha value is -0.620. The van der Waals surface area contributed by atoms with Crippen molar-refractivity contribution < 1.29 is 13.2 Å². The van der Waals surface area contributed by atoms with Gasteiger partial charge in [0.15, 0.2) is 0 Å². The third-order valence-electron chi connectivity index (χ3n) is 4.02. The number of benzene rings is 1. The Morgan fingerprint density at radius 2 is 2.14 bits per heavy atom. The maximum absolute atomic E-state index is 13.0.